The fourth-order valence-electron chi connectivity index (χ4n) is 1.17. The van der Waals surface area contributed by atoms with Gasteiger partial charge in [0.2, 0.25) is 0 Å². The predicted octanol–water partition coefficient (Wildman–Crippen LogP) is 3.06. The Balaban J connectivity index is 2.48. The second-order valence-corrected chi connectivity index (χ2v) is 4.89. The molecule has 0 heterocycles. The van der Waals surface area contributed by atoms with Crippen LogP contribution in [0.1, 0.15) is 18.9 Å². The van der Waals surface area contributed by atoms with Crippen molar-refractivity contribution in [3.05, 3.63) is 35.4 Å². The van der Waals surface area contributed by atoms with Crippen LogP contribution in [0.15, 0.2) is 18.2 Å². The summed E-state index contributed by atoms with van der Waals surface area (Å²) in [6.45, 7) is 1.79. The Hall–Kier alpha value is -1.10. The number of hydrogen-bond donors (Lipinski definition) is 1. The molecule has 0 bridgehead atoms. The smallest absolute Gasteiger partial charge is 0.304 e. The van der Waals surface area contributed by atoms with E-state index in [9.17, 15) is 13.6 Å². The minimum Gasteiger partial charge on any atom is -0.481 e. The van der Waals surface area contributed by atoms with Crippen molar-refractivity contribution >= 4 is 17.7 Å². The Morgan fingerprint density at radius 2 is 2.12 bits per heavy atom. The van der Waals surface area contributed by atoms with Crippen molar-refractivity contribution in [1.82, 2.24) is 0 Å². The van der Waals surface area contributed by atoms with Crippen LogP contribution in [-0.2, 0) is 10.5 Å². The molecule has 88 valence electrons. The number of benzene rings is 1. The summed E-state index contributed by atoms with van der Waals surface area (Å²) in [7, 11) is 0. The van der Waals surface area contributed by atoms with Gasteiger partial charge >= 0.3 is 5.97 Å². The lowest BCUT2D eigenvalue weighted by Crippen LogP contribution is -2.05. The lowest BCUT2D eigenvalue weighted by Gasteiger charge is -2.08. The molecule has 1 rings (SSSR count). The molecule has 0 amide bonds. The Bertz CT molecular complexity index is 382. The number of carboxylic acid groups (broad SMARTS) is 1. The van der Waals surface area contributed by atoms with Crippen LogP contribution < -0.4 is 0 Å². The number of rotatable bonds is 5. The summed E-state index contributed by atoms with van der Waals surface area (Å²) in [5, 5.41) is 8.49. The third-order valence-corrected chi connectivity index (χ3v) is 3.22. The molecular formula is C11H12F2O2S. The molecule has 1 N–H and O–H groups in total. The van der Waals surface area contributed by atoms with E-state index < -0.39 is 17.6 Å². The van der Waals surface area contributed by atoms with Crippen molar-refractivity contribution in [2.75, 3.05) is 0 Å². The summed E-state index contributed by atoms with van der Waals surface area (Å²) in [5.41, 5.74) is 0.654. The molecule has 0 radical (unpaired) electrons. The van der Waals surface area contributed by atoms with E-state index in [-0.39, 0.29) is 11.7 Å². The van der Waals surface area contributed by atoms with Gasteiger partial charge in [0.25, 0.3) is 0 Å². The largest absolute Gasteiger partial charge is 0.481 e. The number of carbonyl (C=O) groups is 1. The Morgan fingerprint density at radius 3 is 2.69 bits per heavy atom. The molecule has 0 saturated heterocycles. The van der Waals surface area contributed by atoms with E-state index in [2.05, 4.69) is 0 Å². The maximum absolute atomic E-state index is 12.8. The van der Waals surface area contributed by atoms with Gasteiger partial charge in [-0.15, -0.1) is 0 Å². The number of carboxylic acids is 1. The molecule has 5 heteroatoms. The molecule has 2 nitrogen and oxygen atoms in total. The number of halogens is 2. The van der Waals surface area contributed by atoms with Crippen LogP contribution in [0.25, 0.3) is 0 Å². The van der Waals surface area contributed by atoms with Gasteiger partial charge in [0.05, 0.1) is 6.42 Å². The molecule has 1 aromatic rings. The normalized spacial score (nSPS) is 12.4. The van der Waals surface area contributed by atoms with Crippen LogP contribution >= 0.6 is 11.8 Å². The van der Waals surface area contributed by atoms with Gasteiger partial charge in [-0.05, 0) is 17.7 Å². The molecule has 0 aromatic heterocycles. The lowest BCUT2D eigenvalue weighted by molar-refractivity contribution is -0.136. The Kier molecular flexibility index (Phi) is 4.73. The highest BCUT2D eigenvalue weighted by Gasteiger charge is 2.09. The van der Waals surface area contributed by atoms with Crippen LogP contribution in [0.4, 0.5) is 8.78 Å². The van der Waals surface area contributed by atoms with Crippen LogP contribution in [0.5, 0.6) is 0 Å². The van der Waals surface area contributed by atoms with Gasteiger partial charge in [0.15, 0.2) is 11.6 Å². The predicted molar refractivity (Wildman–Crippen MR) is 59.4 cm³/mol. The Morgan fingerprint density at radius 1 is 1.44 bits per heavy atom. The van der Waals surface area contributed by atoms with Crippen LogP contribution in [-0.4, -0.2) is 16.3 Å². The van der Waals surface area contributed by atoms with Crippen molar-refractivity contribution in [2.24, 2.45) is 0 Å². The molecule has 16 heavy (non-hydrogen) atoms. The van der Waals surface area contributed by atoms with Crippen LogP contribution in [0, 0.1) is 11.6 Å². The van der Waals surface area contributed by atoms with Gasteiger partial charge in [0.1, 0.15) is 0 Å². The van der Waals surface area contributed by atoms with Crippen molar-refractivity contribution in [2.45, 2.75) is 24.3 Å². The summed E-state index contributed by atoms with van der Waals surface area (Å²) in [5.74, 6) is -2.12. The molecule has 0 aliphatic rings. The zero-order chi connectivity index (χ0) is 12.1. The second-order valence-electron chi connectivity index (χ2n) is 3.47. The fourth-order valence-corrected chi connectivity index (χ4v) is 2.09. The minimum absolute atomic E-state index is 0.0504. The SMILES string of the molecule is CC(CC(=O)O)SCc1ccc(F)c(F)c1. The van der Waals surface area contributed by atoms with Gasteiger partial charge in [-0.2, -0.15) is 11.8 Å². The number of aliphatic carboxylic acids is 1. The van der Waals surface area contributed by atoms with Gasteiger partial charge in [-0.1, -0.05) is 13.0 Å². The van der Waals surface area contributed by atoms with Crippen molar-refractivity contribution in [3.8, 4) is 0 Å². The molecule has 0 fully saturated rings. The van der Waals surface area contributed by atoms with Crippen LogP contribution in [0.3, 0.4) is 0 Å². The fraction of sp³-hybridized carbons (Fsp3) is 0.364. The van der Waals surface area contributed by atoms with Gasteiger partial charge < -0.3 is 5.11 Å². The molecular weight excluding hydrogens is 234 g/mol. The molecule has 1 atom stereocenters. The van der Waals surface area contributed by atoms with Gasteiger partial charge in [0, 0.05) is 11.0 Å². The quantitative estimate of drug-likeness (QED) is 0.867. The third kappa shape index (κ3) is 4.18. The topological polar surface area (TPSA) is 37.3 Å². The first-order valence-electron chi connectivity index (χ1n) is 4.76. The zero-order valence-corrected chi connectivity index (χ0v) is 9.56. The van der Waals surface area contributed by atoms with Crippen molar-refractivity contribution in [3.63, 3.8) is 0 Å². The highest BCUT2D eigenvalue weighted by Crippen LogP contribution is 2.21. The summed E-state index contributed by atoms with van der Waals surface area (Å²) < 4.78 is 25.4. The molecule has 0 spiro atoms. The average Bonchev–Trinajstić information content (AvgIpc) is 2.19. The van der Waals surface area contributed by atoms with E-state index in [0.717, 1.165) is 12.1 Å². The number of hydrogen-bond acceptors (Lipinski definition) is 2. The molecule has 0 aliphatic carbocycles. The third-order valence-electron chi connectivity index (χ3n) is 1.98. The highest BCUT2D eigenvalue weighted by atomic mass is 32.2. The summed E-state index contributed by atoms with van der Waals surface area (Å²) in [4.78, 5) is 10.4. The highest BCUT2D eigenvalue weighted by molar-refractivity contribution is 7.99. The van der Waals surface area contributed by atoms with E-state index in [1.165, 1.54) is 17.8 Å². The van der Waals surface area contributed by atoms with E-state index in [0.29, 0.717) is 11.3 Å². The van der Waals surface area contributed by atoms with E-state index in [1.807, 2.05) is 0 Å². The van der Waals surface area contributed by atoms with Gasteiger partial charge in [-0.25, -0.2) is 8.78 Å². The first kappa shape index (κ1) is 13.0. The maximum atomic E-state index is 12.8. The standard InChI is InChI=1S/C11H12F2O2S/c1-7(4-11(14)15)16-6-8-2-3-9(12)10(13)5-8/h2-3,5,7H,4,6H2,1H3,(H,14,15). The first-order valence-corrected chi connectivity index (χ1v) is 5.81. The summed E-state index contributed by atoms with van der Waals surface area (Å²) in [6.07, 6.45) is 0.0638. The van der Waals surface area contributed by atoms with Crippen molar-refractivity contribution < 1.29 is 18.7 Å². The summed E-state index contributed by atoms with van der Waals surface area (Å²) in [6, 6.07) is 3.71. The maximum Gasteiger partial charge on any atom is 0.304 e. The Labute approximate surface area is 96.7 Å². The van der Waals surface area contributed by atoms with Crippen LogP contribution in [0.2, 0.25) is 0 Å². The minimum atomic E-state index is -0.871. The molecule has 0 aliphatic heterocycles. The van der Waals surface area contributed by atoms with Crippen molar-refractivity contribution in [1.29, 1.82) is 0 Å². The summed E-state index contributed by atoms with van der Waals surface area (Å²) >= 11 is 1.40. The van der Waals surface area contributed by atoms with E-state index in [4.69, 9.17) is 5.11 Å². The molecule has 0 saturated carbocycles. The zero-order valence-electron chi connectivity index (χ0n) is 8.74. The average molecular weight is 246 g/mol. The first-order chi connectivity index (χ1) is 7.49. The second kappa shape index (κ2) is 5.84. The molecule has 1 aromatic carbocycles. The van der Waals surface area contributed by atoms with E-state index >= 15 is 0 Å². The van der Waals surface area contributed by atoms with Gasteiger partial charge in [-0.3, -0.25) is 4.79 Å². The monoisotopic (exact) mass is 246 g/mol. The van der Waals surface area contributed by atoms with E-state index in [1.54, 1.807) is 6.92 Å². The number of thioether (sulfide) groups is 1. The lowest BCUT2D eigenvalue weighted by atomic mass is 10.2. The molecule has 1 unspecified atom stereocenters.